The van der Waals surface area contributed by atoms with Crippen molar-refractivity contribution >= 4 is 34.8 Å². The Hall–Kier alpha value is -2.63. The Morgan fingerprint density at radius 1 is 0.963 bits per heavy atom. The molecule has 2 aromatic carbocycles. The lowest BCUT2D eigenvalue weighted by molar-refractivity contribution is -0.148. The first-order valence-corrected chi connectivity index (χ1v) is 9.65. The number of carbonyl (C=O) groups is 2. The van der Waals surface area contributed by atoms with Gasteiger partial charge in [-0.3, -0.25) is 9.59 Å². The van der Waals surface area contributed by atoms with E-state index >= 15 is 0 Å². The Bertz CT molecular complexity index is 880. The normalized spacial score (nSPS) is 11.6. The Balaban J connectivity index is 1.64. The lowest BCUT2D eigenvalue weighted by Crippen LogP contribution is -2.33. The molecule has 1 N–H and O–H groups in total. The van der Waals surface area contributed by atoms with Gasteiger partial charge in [-0.25, -0.2) is 0 Å². The number of amides is 1. The first kappa shape index (κ1) is 19.1. The van der Waals surface area contributed by atoms with Crippen LogP contribution in [0.2, 0.25) is 5.02 Å². The molecule has 1 unspecified atom stereocenters. The Morgan fingerprint density at radius 3 is 2.33 bits per heavy atom. The van der Waals surface area contributed by atoms with E-state index in [1.54, 1.807) is 12.1 Å². The zero-order valence-corrected chi connectivity index (χ0v) is 16.0. The van der Waals surface area contributed by atoms with Crippen molar-refractivity contribution in [3.8, 4) is 0 Å². The van der Waals surface area contributed by atoms with Crippen molar-refractivity contribution < 1.29 is 14.3 Å². The van der Waals surface area contributed by atoms with Crippen LogP contribution in [0.25, 0.3) is 0 Å². The van der Waals surface area contributed by atoms with Crippen molar-refractivity contribution in [3.05, 3.63) is 93.1 Å². The van der Waals surface area contributed by atoms with Crippen LogP contribution >= 0.6 is 22.9 Å². The second-order valence-corrected chi connectivity index (χ2v) is 7.35. The summed E-state index contributed by atoms with van der Waals surface area (Å²) in [6.45, 7) is -0.318. The van der Waals surface area contributed by atoms with E-state index in [1.165, 1.54) is 11.3 Å². The van der Waals surface area contributed by atoms with E-state index in [4.69, 9.17) is 16.3 Å². The van der Waals surface area contributed by atoms with Crippen LogP contribution in [-0.2, 0) is 20.7 Å². The van der Waals surface area contributed by atoms with Crippen molar-refractivity contribution in [1.29, 1.82) is 0 Å². The number of nitrogens with one attached hydrogen (secondary N) is 1. The van der Waals surface area contributed by atoms with Crippen LogP contribution in [0.4, 0.5) is 0 Å². The van der Waals surface area contributed by atoms with E-state index in [1.807, 2.05) is 60.0 Å². The predicted octanol–water partition coefficient (Wildman–Crippen LogP) is 4.39. The summed E-state index contributed by atoms with van der Waals surface area (Å²) in [6.07, 6.45) is 0.171. The van der Waals surface area contributed by atoms with Gasteiger partial charge in [0.05, 0.1) is 12.5 Å². The summed E-state index contributed by atoms with van der Waals surface area (Å²) in [5, 5.41) is 5.45. The van der Waals surface area contributed by atoms with Crippen LogP contribution in [-0.4, -0.2) is 18.5 Å². The van der Waals surface area contributed by atoms with Gasteiger partial charge in [-0.2, -0.15) is 0 Å². The lowest BCUT2D eigenvalue weighted by atomic mass is 9.99. The third kappa shape index (κ3) is 5.67. The van der Waals surface area contributed by atoms with Gasteiger partial charge in [-0.15, -0.1) is 11.3 Å². The molecule has 0 saturated heterocycles. The van der Waals surface area contributed by atoms with Crippen molar-refractivity contribution in [2.45, 2.75) is 12.5 Å². The van der Waals surface area contributed by atoms with Crippen molar-refractivity contribution in [1.82, 2.24) is 5.32 Å². The molecule has 4 nitrogen and oxygen atoms in total. The molecule has 0 bridgehead atoms. The Morgan fingerprint density at radius 2 is 1.67 bits per heavy atom. The maximum atomic E-state index is 12.4. The fourth-order valence-electron chi connectivity index (χ4n) is 2.61. The highest BCUT2D eigenvalue weighted by Gasteiger charge is 2.18. The van der Waals surface area contributed by atoms with Crippen LogP contribution in [0.15, 0.2) is 72.1 Å². The van der Waals surface area contributed by atoms with E-state index in [2.05, 4.69) is 5.32 Å². The summed E-state index contributed by atoms with van der Waals surface area (Å²) < 4.78 is 5.10. The molecule has 1 heterocycles. The topological polar surface area (TPSA) is 55.4 Å². The molecule has 0 aliphatic carbocycles. The molecular weight excluding hydrogens is 382 g/mol. The zero-order valence-electron chi connectivity index (χ0n) is 14.4. The van der Waals surface area contributed by atoms with Crippen molar-refractivity contribution in [2.24, 2.45) is 0 Å². The highest BCUT2D eigenvalue weighted by atomic mass is 35.5. The first-order chi connectivity index (χ1) is 13.1. The van der Waals surface area contributed by atoms with Gasteiger partial charge in [0.2, 0.25) is 0 Å². The van der Waals surface area contributed by atoms with Gasteiger partial charge in [-0.05, 0) is 34.7 Å². The number of halogens is 1. The molecule has 138 valence electrons. The quantitative estimate of drug-likeness (QED) is 0.599. The SMILES string of the molecule is O=C(COC(=O)Cc1cccs1)NC(c1ccccc1)c1ccc(Cl)cc1. The molecule has 0 aliphatic rings. The summed E-state index contributed by atoms with van der Waals surface area (Å²) in [6, 6.07) is 20.3. The highest BCUT2D eigenvalue weighted by Crippen LogP contribution is 2.23. The van der Waals surface area contributed by atoms with Crippen molar-refractivity contribution in [2.75, 3.05) is 6.61 Å². The van der Waals surface area contributed by atoms with Gasteiger partial charge >= 0.3 is 5.97 Å². The molecule has 1 atom stereocenters. The minimum atomic E-state index is -0.421. The van der Waals surface area contributed by atoms with Crippen LogP contribution in [0.5, 0.6) is 0 Å². The number of hydrogen-bond donors (Lipinski definition) is 1. The van der Waals surface area contributed by atoms with Crippen LogP contribution < -0.4 is 5.32 Å². The molecule has 0 fully saturated rings. The molecule has 27 heavy (non-hydrogen) atoms. The molecule has 0 aliphatic heterocycles. The van der Waals surface area contributed by atoms with Crippen LogP contribution in [0, 0.1) is 0 Å². The van der Waals surface area contributed by atoms with Gasteiger partial charge < -0.3 is 10.1 Å². The number of rotatable bonds is 7. The maximum Gasteiger partial charge on any atom is 0.311 e. The second-order valence-electron chi connectivity index (χ2n) is 5.88. The third-order valence-corrected chi connectivity index (χ3v) is 5.03. The molecule has 0 spiro atoms. The Labute approximate surface area is 166 Å². The number of benzene rings is 2. The van der Waals surface area contributed by atoms with Crippen molar-refractivity contribution in [3.63, 3.8) is 0 Å². The summed E-state index contributed by atoms with van der Waals surface area (Å²) in [5.74, 6) is -0.784. The molecule has 3 rings (SSSR count). The molecular formula is C21H18ClNO3S. The smallest absolute Gasteiger partial charge is 0.311 e. The minimum absolute atomic E-state index is 0.171. The third-order valence-electron chi connectivity index (χ3n) is 3.90. The molecule has 3 aromatic rings. The maximum absolute atomic E-state index is 12.4. The molecule has 1 amide bonds. The molecule has 0 saturated carbocycles. The fourth-order valence-corrected chi connectivity index (χ4v) is 3.43. The Kier molecular flexibility index (Phi) is 6.63. The minimum Gasteiger partial charge on any atom is -0.455 e. The van der Waals surface area contributed by atoms with E-state index in [-0.39, 0.29) is 25.0 Å². The summed E-state index contributed by atoms with van der Waals surface area (Å²) in [7, 11) is 0. The number of hydrogen-bond acceptors (Lipinski definition) is 4. The fraction of sp³-hybridized carbons (Fsp3) is 0.143. The van der Waals surface area contributed by atoms with Gasteiger partial charge in [0.25, 0.3) is 5.91 Å². The average molecular weight is 400 g/mol. The second kappa shape index (κ2) is 9.35. The van der Waals surface area contributed by atoms with Gasteiger partial charge in [0, 0.05) is 9.90 Å². The predicted molar refractivity (Wildman–Crippen MR) is 107 cm³/mol. The molecule has 6 heteroatoms. The van der Waals surface area contributed by atoms with E-state index < -0.39 is 5.97 Å². The summed E-state index contributed by atoms with van der Waals surface area (Å²) in [5.41, 5.74) is 1.82. The van der Waals surface area contributed by atoms with Crippen LogP contribution in [0.3, 0.4) is 0 Å². The first-order valence-electron chi connectivity index (χ1n) is 8.39. The zero-order chi connectivity index (χ0) is 19.1. The summed E-state index contributed by atoms with van der Waals surface area (Å²) >= 11 is 7.45. The van der Waals surface area contributed by atoms with E-state index in [0.717, 1.165) is 16.0 Å². The number of ether oxygens (including phenoxy) is 1. The summed E-state index contributed by atoms with van der Waals surface area (Å²) in [4.78, 5) is 25.1. The van der Waals surface area contributed by atoms with E-state index in [9.17, 15) is 9.59 Å². The number of esters is 1. The van der Waals surface area contributed by atoms with Crippen LogP contribution in [0.1, 0.15) is 22.0 Å². The monoisotopic (exact) mass is 399 g/mol. The van der Waals surface area contributed by atoms with Gasteiger partial charge in [0.15, 0.2) is 6.61 Å². The number of carbonyl (C=O) groups excluding carboxylic acids is 2. The molecule has 0 radical (unpaired) electrons. The number of thiophene rings is 1. The standard InChI is InChI=1S/C21H18ClNO3S/c22-17-10-8-16(9-11-17)21(15-5-2-1-3-6-15)23-19(24)14-26-20(25)13-18-7-4-12-27-18/h1-12,21H,13-14H2,(H,23,24). The van der Waals surface area contributed by atoms with Gasteiger partial charge in [0.1, 0.15) is 0 Å². The lowest BCUT2D eigenvalue weighted by Gasteiger charge is -2.20. The van der Waals surface area contributed by atoms with Gasteiger partial charge in [-0.1, -0.05) is 60.1 Å². The highest BCUT2D eigenvalue weighted by molar-refractivity contribution is 7.10. The van der Waals surface area contributed by atoms with E-state index in [0.29, 0.717) is 5.02 Å². The molecule has 1 aromatic heterocycles. The average Bonchev–Trinajstić information content (AvgIpc) is 3.19. The largest absolute Gasteiger partial charge is 0.455 e.